The highest BCUT2D eigenvalue weighted by Gasteiger charge is 2.23. The Hall–Kier alpha value is -1.95. The molecule has 1 aliphatic rings. The zero-order chi connectivity index (χ0) is 14.8. The fourth-order valence-electron chi connectivity index (χ4n) is 2.26. The number of nitrogens with one attached hydrogen (secondary N) is 1. The molecule has 0 fully saturated rings. The van der Waals surface area contributed by atoms with Gasteiger partial charge < -0.3 is 5.32 Å². The number of aryl methyl sites for hydroxylation is 1. The summed E-state index contributed by atoms with van der Waals surface area (Å²) in [4.78, 5) is 21.3. The first kappa shape index (κ1) is 14.0. The van der Waals surface area contributed by atoms with Crippen molar-refractivity contribution in [2.45, 2.75) is 24.3 Å². The number of fused-ring (bicyclic) bond motifs is 1. The fourth-order valence-corrected chi connectivity index (χ4v) is 3.36. The molecule has 21 heavy (non-hydrogen) atoms. The zero-order valence-electron chi connectivity index (χ0n) is 11.5. The Morgan fingerprint density at radius 3 is 3.00 bits per heavy atom. The van der Waals surface area contributed by atoms with Gasteiger partial charge in [0.05, 0.1) is 17.9 Å². The molecule has 108 valence electrons. The van der Waals surface area contributed by atoms with E-state index in [9.17, 15) is 9.18 Å². The van der Waals surface area contributed by atoms with Gasteiger partial charge in [-0.05, 0) is 37.1 Å². The molecule has 1 N–H and O–H groups in total. The Morgan fingerprint density at radius 1 is 1.38 bits per heavy atom. The highest BCUT2D eigenvalue weighted by Crippen LogP contribution is 2.36. The van der Waals surface area contributed by atoms with E-state index in [0.29, 0.717) is 0 Å². The molecule has 1 aliphatic heterocycles. The molecule has 3 rings (SSSR count). The number of carbonyl (C=O) groups is 1. The number of thioether (sulfide) groups is 1. The van der Waals surface area contributed by atoms with Crippen LogP contribution in [0.15, 0.2) is 35.5 Å². The van der Waals surface area contributed by atoms with Crippen LogP contribution in [-0.4, -0.2) is 21.6 Å². The van der Waals surface area contributed by atoms with Crippen molar-refractivity contribution in [1.29, 1.82) is 0 Å². The van der Waals surface area contributed by atoms with Gasteiger partial charge in [-0.2, -0.15) is 0 Å². The van der Waals surface area contributed by atoms with E-state index in [0.717, 1.165) is 28.3 Å². The van der Waals surface area contributed by atoms with E-state index in [1.165, 1.54) is 18.3 Å². The normalized spacial score (nSPS) is 17.1. The van der Waals surface area contributed by atoms with Crippen molar-refractivity contribution >= 4 is 17.7 Å². The van der Waals surface area contributed by atoms with E-state index in [1.54, 1.807) is 24.0 Å². The number of nitrogens with zero attached hydrogens (tertiary/aromatic N) is 2. The van der Waals surface area contributed by atoms with Gasteiger partial charge in [0.15, 0.2) is 0 Å². The molecular formula is C15H14FN3OS. The van der Waals surface area contributed by atoms with Crippen molar-refractivity contribution in [2.75, 3.05) is 5.75 Å². The standard InChI is InChI=1S/C15H14FN3OS/c1-9-7-18-13(8-17-9)15(20)19-12-4-5-21-14-3-2-10(16)6-11(12)14/h2-3,6-8,12H,4-5H2,1H3,(H,19,20)/t12-/m1/s1. The minimum Gasteiger partial charge on any atom is -0.344 e. The molecule has 2 aromatic rings. The van der Waals surface area contributed by atoms with Crippen molar-refractivity contribution in [3.8, 4) is 0 Å². The van der Waals surface area contributed by atoms with Gasteiger partial charge in [-0.3, -0.25) is 9.78 Å². The number of halogens is 1. The molecule has 1 aromatic heterocycles. The summed E-state index contributed by atoms with van der Waals surface area (Å²) in [5.41, 5.74) is 1.87. The molecule has 0 unspecified atom stereocenters. The number of carbonyl (C=O) groups excluding carboxylic acids is 1. The van der Waals surface area contributed by atoms with Gasteiger partial charge in [0, 0.05) is 16.8 Å². The van der Waals surface area contributed by atoms with Crippen LogP contribution in [0.3, 0.4) is 0 Å². The summed E-state index contributed by atoms with van der Waals surface area (Å²) in [7, 11) is 0. The second-order valence-corrected chi connectivity index (χ2v) is 6.03. The summed E-state index contributed by atoms with van der Waals surface area (Å²) >= 11 is 1.68. The smallest absolute Gasteiger partial charge is 0.271 e. The van der Waals surface area contributed by atoms with Crippen molar-refractivity contribution < 1.29 is 9.18 Å². The molecule has 1 amide bonds. The predicted molar refractivity (Wildman–Crippen MR) is 78.7 cm³/mol. The van der Waals surface area contributed by atoms with Gasteiger partial charge >= 0.3 is 0 Å². The number of rotatable bonds is 2. The van der Waals surface area contributed by atoms with Crippen LogP contribution in [-0.2, 0) is 0 Å². The van der Waals surface area contributed by atoms with Gasteiger partial charge in [0.25, 0.3) is 5.91 Å². The fraction of sp³-hybridized carbons (Fsp3) is 0.267. The predicted octanol–water partition coefficient (Wildman–Crippen LogP) is 2.89. The van der Waals surface area contributed by atoms with Crippen LogP contribution in [0.4, 0.5) is 4.39 Å². The van der Waals surface area contributed by atoms with Crippen LogP contribution in [0.5, 0.6) is 0 Å². The molecule has 0 saturated heterocycles. The number of benzene rings is 1. The van der Waals surface area contributed by atoms with Crippen LogP contribution < -0.4 is 5.32 Å². The summed E-state index contributed by atoms with van der Waals surface area (Å²) in [5, 5.41) is 2.92. The number of aromatic nitrogens is 2. The van der Waals surface area contributed by atoms with E-state index in [4.69, 9.17) is 0 Å². The molecule has 1 atom stereocenters. The Balaban J connectivity index is 1.81. The van der Waals surface area contributed by atoms with Crippen LogP contribution in [0.25, 0.3) is 0 Å². The van der Waals surface area contributed by atoms with Crippen LogP contribution in [0, 0.1) is 12.7 Å². The van der Waals surface area contributed by atoms with E-state index in [-0.39, 0.29) is 23.5 Å². The number of amides is 1. The average molecular weight is 303 g/mol. The summed E-state index contributed by atoms with van der Waals surface area (Å²) in [6, 6.07) is 4.52. The molecule has 0 spiro atoms. The third kappa shape index (κ3) is 3.05. The quantitative estimate of drug-likeness (QED) is 0.927. The van der Waals surface area contributed by atoms with Gasteiger partial charge in [-0.25, -0.2) is 9.37 Å². The molecule has 2 heterocycles. The topological polar surface area (TPSA) is 54.9 Å². The Morgan fingerprint density at radius 2 is 2.24 bits per heavy atom. The van der Waals surface area contributed by atoms with Crippen molar-refractivity contribution in [2.24, 2.45) is 0 Å². The molecule has 0 bridgehead atoms. The lowest BCUT2D eigenvalue weighted by molar-refractivity contribution is 0.0929. The molecule has 0 radical (unpaired) electrons. The molecule has 0 saturated carbocycles. The second kappa shape index (κ2) is 5.81. The highest BCUT2D eigenvalue weighted by molar-refractivity contribution is 7.99. The van der Waals surface area contributed by atoms with Crippen LogP contribution in [0.1, 0.15) is 34.2 Å². The minimum atomic E-state index is -0.286. The van der Waals surface area contributed by atoms with E-state index in [2.05, 4.69) is 15.3 Å². The largest absolute Gasteiger partial charge is 0.344 e. The van der Waals surface area contributed by atoms with E-state index < -0.39 is 0 Å². The van der Waals surface area contributed by atoms with Crippen molar-refractivity contribution in [3.63, 3.8) is 0 Å². The highest BCUT2D eigenvalue weighted by atomic mass is 32.2. The lowest BCUT2D eigenvalue weighted by Gasteiger charge is -2.25. The van der Waals surface area contributed by atoms with E-state index in [1.807, 2.05) is 6.92 Å². The second-order valence-electron chi connectivity index (χ2n) is 4.89. The van der Waals surface area contributed by atoms with Crippen LogP contribution >= 0.6 is 11.8 Å². The van der Waals surface area contributed by atoms with Gasteiger partial charge in [-0.15, -0.1) is 11.8 Å². The maximum Gasteiger partial charge on any atom is 0.271 e. The molecule has 6 heteroatoms. The van der Waals surface area contributed by atoms with Crippen LogP contribution in [0.2, 0.25) is 0 Å². The lowest BCUT2D eigenvalue weighted by atomic mass is 10.0. The molecule has 4 nitrogen and oxygen atoms in total. The third-order valence-corrected chi connectivity index (χ3v) is 4.45. The monoisotopic (exact) mass is 303 g/mol. The number of hydrogen-bond donors (Lipinski definition) is 1. The Kier molecular flexibility index (Phi) is 3.88. The SMILES string of the molecule is Cc1cnc(C(=O)N[C@@H]2CCSc3ccc(F)cc32)cn1. The van der Waals surface area contributed by atoms with Crippen molar-refractivity contribution in [3.05, 3.63) is 53.4 Å². The molecule has 1 aromatic carbocycles. The average Bonchev–Trinajstić information content (AvgIpc) is 2.48. The number of hydrogen-bond acceptors (Lipinski definition) is 4. The summed E-state index contributed by atoms with van der Waals surface area (Å²) in [6.07, 6.45) is 3.78. The maximum absolute atomic E-state index is 13.4. The van der Waals surface area contributed by atoms with Gasteiger partial charge in [-0.1, -0.05) is 0 Å². The molecular weight excluding hydrogens is 289 g/mol. The summed E-state index contributed by atoms with van der Waals surface area (Å²) < 4.78 is 13.4. The van der Waals surface area contributed by atoms with E-state index >= 15 is 0 Å². The van der Waals surface area contributed by atoms with Gasteiger partial charge in [0.2, 0.25) is 0 Å². The first-order chi connectivity index (χ1) is 10.1. The molecule has 0 aliphatic carbocycles. The summed E-state index contributed by atoms with van der Waals surface area (Å²) in [6.45, 7) is 1.81. The Bertz CT molecular complexity index is 675. The lowest BCUT2D eigenvalue weighted by Crippen LogP contribution is -2.31. The van der Waals surface area contributed by atoms with Gasteiger partial charge in [0.1, 0.15) is 11.5 Å². The first-order valence-electron chi connectivity index (χ1n) is 6.65. The minimum absolute atomic E-state index is 0.187. The third-order valence-electron chi connectivity index (χ3n) is 3.33. The zero-order valence-corrected chi connectivity index (χ0v) is 12.3. The van der Waals surface area contributed by atoms with Crippen molar-refractivity contribution in [1.82, 2.24) is 15.3 Å². The summed E-state index contributed by atoms with van der Waals surface area (Å²) in [5.74, 6) is 0.323. The maximum atomic E-state index is 13.4. The first-order valence-corrected chi connectivity index (χ1v) is 7.64. The Labute approximate surface area is 126 Å².